The fourth-order valence-corrected chi connectivity index (χ4v) is 5.03. The molecule has 1 aliphatic rings. The van der Waals surface area contributed by atoms with Gasteiger partial charge in [-0.1, -0.05) is 18.2 Å². The van der Waals surface area contributed by atoms with Crippen LogP contribution in [0.4, 0.5) is 0 Å². The van der Waals surface area contributed by atoms with Gasteiger partial charge in [0.15, 0.2) is 9.84 Å². The van der Waals surface area contributed by atoms with Crippen molar-refractivity contribution in [3.63, 3.8) is 0 Å². The Balaban J connectivity index is 1.64. The smallest absolute Gasteiger partial charge is 0.240 e. The van der Waals surface area contributed by atoms with Crippen molar-refractivity contribution in [2.75, 3.05) is 11.5 Å². The Morgan fingerprint density at radius 3 is 2.73 bits per heavy atom. The molecule has 1 saturated heterocycles. The molecular weight excluding hydrogens is 352 g/mol. The van der Waals surface area contributed by atoms with E-state index in [2.05, 4.69) is 15.6 Å². The zero-order valence-corrected chi connectivity index (χ0v) is 15.7. The van der Waals surface area contributed by atoms with Gasteiger partial charge in [-0.05, 0) is 38.3 Å². The first-order valence-corrected chi connectivity index (χ1v) is 10.3. The van der Waals surface area contributed by atoms with Gasteiger partial charge in [0.1, 0.15) is 0 Å². The number of aryl methyl sites for hydroxylation is 1. The Kier molecular flexibility index (Phi) is 5.22. The molecule has 1 N–H and O–H groups in total. The van der Waals surface area contributed by atoms with Crippen LogP contribution >= 0.6 is 0 Å². The van der Waals surface area contributed by atoms with Crippen molar-refractivity contribution >= 4 is 22.0 Å². The second kappa shape index (κ2) is 7.41. The van der Waals surface area contributed by atoms with Crippen molar-refractivity contribution < 1.29 is 13.2 Å². The van der Waals surface area contributed by atoms with Gasteiger partial charge in [-0.3, -0.25) is 4.79 Å². The van der Waals surface area contributed by atoms with Crippen molar-refractivity contribution in [2.45, 2.75) is 26.7 Å². The molecule has 1 fully saturated rings. The number of rotatable bonds is 5. The topological polar surface area (TPSA) is 93.4 Å². The number of sulfone groups is 1. The van der Waals surface area contributed by atoms with Crippen molar-refractivity contribution in [1.82, 2.24) is 15.2 Å². The van der Waals surface area contributed by atoms with E-state index in [4.69, 9.17) is 0 Å². The number of nitrogens with one attached hydrogen (secondary N) is 1. The number of para-hydroxylation sites is 1. The lowest BCUT2D eigenvalue weighted by molar-refractivity contribution is -0.121. The van der Waals surface area contributed by atoms with Crippen LogP contribution in [0.2, 0.25) is 0 Å². The summed E-state index contributed by atoms with van der Waals surface area (Å²) < 4.78 is 24.7. The third-order valence-corrected chi connectivity index (χ3v) is 6.37. The van der Waals surface area contributed by atoms with Gasteiger partial charge in [-0.15, -0.1) is 0 Å². The van der Waals surface area contributed by atoms with E-state index in [0.717, 1.165) is 22.6 Å². The summed E-state index contributed by atoms with van der Waals surface area (Å²) in [6.07, 6.45) is 2.31. The summed E-state index contributed by atoms with van der Waals surface area (Å²) in [6.45, 7) is 3.83. The highest BCUT2D eigenvalue weighted by molar-refractivity contribution is 7.91. The fourth-order valence-electron chi connectivity index (χ4n) is 3.17. The average molecular weight is 374 g/mol. The van der Waals surface area contributed by atoms with Gasteiger partial charge in [-0.2, -0.15) is 10.2 Å². The number of benzene rings is 1. The maximum atomic E-state index is 12.0. The van der Waals surface area contributed by atoms with E-state index in [1.807, 2.05) is 48.9 Å². The van der Waals surface area contributed by atoms with Crippen molar-refractivity contribution in [3.05, 3.63) is 47.3 Å². The lowest BCUT2D eigenvalue weighted by atomic mass is 10.1. The molecule has 0 aliphatic carbocycles. The van der Waals surface area contributed by atoms with Crippen LogP contribution in [0.25, 0.3) is 5.69 Å². The second-order valence-corrected chi connectivity index (χ2v) is 8.83. The van der Waals surface area contributed by atoms with E-state index in [0.29, 0.717) is 6.42 Å². The van der Waals surface area contributed by atoms with Gasteiger partial charge in [0.2, 0.25) is 5.91 Å². The highest BCUT2D eigenvalue weighted by Gasteiger charge is 2.29. The largest absolute Gasteiger partial charge is 0.273 e. The quantitative estimate of drug-likeness (QED) is 0.637. The van der Waals surface area contributed by atoms with Crippen LogP contribution in [0, 0.1) is 19.8 Å². The summed E-state index contributed by atoms with van der Waals surface area (Å²) in [5.74, 6) is -0.120. The molecule has 7 nitrogen and oxygen atoms in total. The van der Waals surface area contributed by atoms with Crippen molar-refractivity contribution in [2.24, 2.45) is 11.0 Å². The number of hydrogen-bond donors (Lipinski definition) is 1. The average Bonchev–Trinajstić information content (AvgIpc) is 3.08. The third-order valence-electron chi connectivity index (χ3n) is 4.53. The fraction of sp³-hybridized carbons (Fsp3) is 0.389. The van der Waals surface area contributed by atoms with Crippen LogP contribution in [0.1, 0.15) is 29.8 Å². The molecule has 0 unspecified atom stereocenters. The predicted molar refractivity (Wildman–Crippen MR) is 100 cm³/mol. The molecule has 1 aromatic heterocycles. The minimum absolute atomic E-state index is 0.0895. The van der Waals surface area contributed by atoms with Crippen LogP contribution < -0.4 is 5.43 Å². The summed E-state index contributed by atoms with van der Waals surface area (Å²) in [5.41, 5.74) is 6.03. The summed E-state index contributed by atoms with van der Waals surface area (Å²) in [7, 11) is -2.97. The lowest BCUT2D eigenvalue weighted by Crippen LogP contribution is -2.21. The van der Waals surface area contributed by atoms with Crippen molar-refractivity contribution in [1.29, 1.82) is 0 Å². The number of carbonyl (C=O) groups is 1. The number of nitrogens with zero attached hydrogens (tertiary/aromatic N) is 3. The minimum atomic E-state index is -2.97. The van der Waals surface area contributed by atoms with E-state index in [9.17, 15) is 13.2 Å². The van der Waals surface area contributed by atoms with Gasteiger partial charge in [0.25, 0.3) is 0 Å². The monoisotopic (exact) mass is 374 g/mol. The van der Waals surface area contributed by atoms with E-state index in [1.54, 1.807) is 6.21 Å². The van der Waals surface area contributed by atoms with Crippen LogP contribution in [0.15, 0.2) is 35.4 Å². The Morgan fingerprint density at radius 2 is 2.08 bits per heavy atom. The predicted octanol–water partition coefficient (Wildman–Crippen LogP) is 1.76. The van der Waals surface area contributed by atoms with E-state index < -0.39 is 9.84 Å². The Hall–Kier alpha value is -2.48. The van der Waals surface area contributed by atoms with Gasteiger partial charge in [0.05, 0.1) is 34.8 Å². The highest BCUT2D eigenvalue weighted by atomic mass is 32.2. The molecule has 0 spiro atoms. The van der Waals surface area contributed by atoms with E-state index >= 15 is 0 Å². The molecule has 8 heteroatoms. The van der Waals surface area contributed by atoms with E-state index in [-0.39, 0.29) is 29.8 Å². The molecule has 1 atom stereocenters. The van der Waals surface area contributed by atoms with E-state index in [1.165, 1.54) is 0 Å². The molecule has 138 valence electrons. The second-order valence-electron chi connectivity index (χ2n) is 6.60. The summed E-state index contributed by atoms with van der Waals surface area (Å²) in [6, 6.07) is 9.78. The first-order valence-electron chi connectivity index (χ1n) is 8.50. The van der Waals surface area contributed by atoms with Crippen LogP contribution in [-0.4, -0.2) is 41.8 Å². The third kappa shape index (κ3) is 4.19. The number of amides is 1. The molecule has 2 heterocycles. The standard InChI is InChI=1S/C18H22N4O3S/c1-13-17(14(2)22(21-13)16-6-4-3-5-7-16)11-19-20-18(23)10-15-8-9-26(24,25)12-15/h3-7,11,15H,8-10,12H2,1-2H3,(H,20,23)/b19-11-/t15-/m1/s1. The molecule has 0 radical (unpaired) electrons. The molecule has 3 rings (SSSR count). The maximum absolute atomic E-state index is 12.0. The molecule has 1 amide bonds. The first kappa shape index (κ1) is 18.3. The highest BCUT2D eigenvalue weighted by Crippen LogP contribution is 2.21. The number of hydrogen-bond acceptors (Lipinski definition) is 5. The molecule has 1 aliphatic heterocycles. The summed E-state index contributed by atoms with van der Waals surface area (Å²) in [4.78, 5) is 12.0. The maximum Gasteiger partial charge on any atom is 0.240 e. The van der Waals surface area contributed by atoms with Gasteiger partial charge < -0.3 is 0 Å². The molecular formula is C18H22N4O3S. The lowest BCUT2D eigenvalue weighted by Gasteiger charge is -2.05. The first-order chi connectivity index (χ1) is 12.4. The zero-order valence-electron chi connectivity index (χ0n) is 14.8. The Labute approximate surface area is 153 Å². The number of hydrazone groups is 1. The Morgan fingerprint density at radius 1 is 1.35 bits per heavy atom. The molecule has 26 heavy (non-hydrogen) atoms. The zero-order chi connectivity index (χ0) is 18.7. The van der Waals surface area contributed by atoms with Crippen molar-refractivity contribution in [3.8, 4) is 5.69 Å². The summed E-state index contributed by atoms with van der Waals surface area (Å²) >= 11 is 0. The SMILES string of the molecule is Cc1nn(-c2ccccc2)c(C)c1/C=N\NC(=O)C[C@H]1CCS(=O)(=O)C1. The Bertz CT molecular complexity index is 933. The van der Waals surface area contributed by atoms with Crippen LogP contribution in [0.3, 0.4) is 0 Å². The molecule has 0 bridgehead atoms. The van der Waals surface area contributed by atoms with Gasteiger partial charge in [-0.25, -0.2) is 18.5 Å². The van der Waals surface area contributed by atoms with Crippen LogP contribution in [0.5, 0.6) is 0 Å². The number of aromatic nitrogens is 2. The molecule has 1 aromatic carbocycles. The minimum Gasteiger partial charge on any atom is -0.273 e. The summed E-state index contributed by atoms with van der Waals surface area (Å²) in [5, 5.41) is 8.54. The van der Waals surface area contributed by atoms with Gasteiger partial charge >= 0.3 is 0 Å². The van der Waals surface area contributed by atoms with Crippen LogP contribution in [-0.2, 0) is 14.6 Å². The normalized spacial score (nSPS) is 19.1. The van der Waals surface area contributed by atoms with Gasteiger partial charge in [0, 0.05) is 12.0 Å². The molecule has 0 saturated carbocycles. The molecule has 2 aromatic rings. The number of carbonyl (C=O) groups excluding carboxylic acids is 1.